The molecule has 1 fully saturated rings. The number of rotatable bonds is 6. The van der Waals surface area contributed by atoms with Crippen LogP contribution in [0.25, 0.3) is 0 Å². The molecule has 0 bridgehead atoms. The summed E-state index contributed by atoms with van der Waals surface area (Å²) < 4.78 is 5.08. The summed E-state index contributed by atoms with van der Waals surface area (Å²) in [5, 5.41) is 0. The summed E-state index contributed by atoms with van der Waals surface area (Å²) in [6.45, 7) is 10.2. The molecule has 4 heteroatoms. The molecule has 1 heterocycles. The minimum absolute atomic E-state index is 0.0882. The second-order valence-corrected chi connectivity index (χ2v) is 4.38. The molecule has 1 rings (SSSR count). The van der Waals surface area contributed by atoms with Crippen molar-refractivity contribution in [2.45, 2.75) is 26.7 Å². The molecule has 100 valence electrons. The number of aliphatic imine (C=N–C) groups is 1. The van der Waals surface area contributed by atoms with Crippen molar-refractivity contribution < 1.29 is 9.53 Å². The summed E-state index contributed by atoms with van der Waals surface area (Å²) in [5.41, 5.74) is 1.98. The maximum Gasteiger partial charge on any atom is 0.248 e. The second kappa shape index (κ2) is 7.82. The Hall–Kier alpha value is -1.42. The number of ether oxygens (including phenoxy) is 1. The van der Waals surface area contributed by atoms with Crippen LogP contribution in [0, 0.1) is 0 Å². The van der Waals surface area contributed by atoms with Crippen molar-refractivity contribution in [2.24, 2.45) is 4.99 Å². The molecule has 0 saturated carbocycles. The van der Waals surface area contributed by atoms with Crippen molar-refractivity contribution in [3.63, 3.8) is 0 Å². The predicted octanol–water partition coefficient (Wildman–Crippen LogP) is 2.18. The Bertz CT molecular complexity index is 359. The molecule has 1 saturated heterocycles. The summed E-state index contributed by atoms with van der Waals surface area (Å²) in [5.74, 6) is 0.0882. The lowest BCUT2D eigenvalue weighted by Crippen LogP contribution is -2.42. The van der Waals surface area contributed by atoms with Gasteiger partial charge in [-0.25, -0.2) is 0 Å². The van der Waals surface area contributed by atoms with E-state index in [-0.39, 0.29) is 12.5 Å². The van der Waals surface area contributed by atoms with Gasteiger partial charge in [-0.2, -0.15) is 0 Å². The van der Waals surface area contributed by atoms with Crippen LogP contribution in [-0.4, -0.2) is 43.3 Å². The standard InChI is InChI=1S/C14H22N2O2/c1-4-13(3)15-10-12(2)6-5-7-16-8-9-18-11-14(16)17/h4,10H,2,5-9,11H2,1,3H3/b13-4-,15-10-. The van der Waals surface area contributed by atoms with Crippen LogP contribution in [0.5, 0.6) is 0 Å². The molecule has 4 nitrogen and oxygen atoms in total. The van der Waals surface area contributed by atoms with Crippen LogP contribution in [0.15, 0.2) is 28.9 Å². The first kappa shape index (κ1) is 14.6. The normalized spacial score (nSPS) is 17.6. The largest absolute Gasteiger partial charge is 0.370 e. The molecule has 0 unspecified atom stereocenters. The molecular weight excluding hydrogens is 228 g/mol. The van der Waals surface area contributed by atoms with Crippen LogP contribution in [0.2, 0.25) is 0 Å². The Balaban J connectivity index is 2.23. The van der Waals surface area contributed by atoms with Gasteiger partial charge in [0.15, 0.2) is 0 Å². The lowest BCUT2D eigenvalue weighted by molar-refractivity contribution is -0.142. The van der Waals surface area contributed by atoms with Gasteiger partial charge in [-0.15, -0.1) is 0 Å². The van der Waals surface area contributed by atoms with Crippen LogP contribution in [0.1, 0.15) is 26.7 Å². The van der Waals surface area contributed by atoms with Gasteiger partial charge in [-0.05, 0) is 32.3 Å². The Morgan fingerprint density at radius 1 is 1.61 bits per heavy atom. The molecule has 0 radical (unpaired) electrons. The highest BCUT2D eigenvalue weighted by Crippen LogP contribution is 2.06. The van der Waals surface area contributed by atoms with E-state index in [2.05, 4.69) is 11.6 Å². The Labute approximate surface area is 109 Å². The Morgan fingerprint density at radius 2 is 2.39 bits per heavy atom. The first-order chi connectivity index (χ1) is 8.63. The number of hydrogen-bond acceptors (Lipinski definition) is 3. The first-order valence-electron chi connectivity index (χ1n) is 6.33. The van der Waals surface area contributed by atoms with Crippen molar-refractivity contribution in [1.82, 2.24) is 4.90 Å². The molecule has 18 heavy (non-hydrogen) atoms. The molecule has 1 aliphatic heterocycles. The van der Waals surface area contributed by atoms with Gasteiger partial charge < -0.3 is 9.64 Å². The number of amides is 1. The number of allylic oxidation sites excluding steroid dienone is 3. The zero-order valence-corrected chi connectivity index (χ0v) is 11.3. The molecule has 0 N–H and O–H groups in total. The highest BCUT2D eigenvalue weighted by Gasteiger charge is 2.17. The van der Waals surface area contributed by atoms with Crippen molar-refractivity contribution in [3.8, 4) is 0 Å². The molecule has 0 aromatic heterocycles. The minimum atomic E-state index is 0.0882. The number of carbonyl (C=O) groups is 1. The van der Waals surface area contributed by atoms with Crippen molar-refractivity contribution in [3.05, 3.63) is 23.9 Å². The highest BCUT2D eigenvalue weighted by atomic mass is 16.5. The van der Waals surface area contributed by atoms with Gasteiger partial charge in [0.05, 0.1) is 6.61 Å². The Kier molecular flexibility index (Phi) is 6.36. The summed E-state index contributed by atoms with van der Waals surface area (Å²) >= 11 is 0. The highest BCUT2D eigenvalue weighted by molar-refractivity contribution is 5.79. The average molecular weight is 250 g/mol. The third-order valence-electron chi connectivity index (χ3n) is 2.88. The fourth-order valence-electron chi connectivity index (χ4n) is 1.62. The molecule has 0 aromatic rings. The topological polar surface area (TPSA) is 41.9 Å². The Morgan fingerprint density at radius 3 is 3.06 bits per heavy atom. The SMILES string of the molecule is C=C(/C=N\C(C)=C/C)CCCN1CCOCC1=O. The van der Waals surface area contributed by atoms with Crippen LogP contribution in [0.4, 0.5) is 0 Å². The third kappa shape index (κ3) is 5.27. The molecule has 1 aliphatic rings. The lowest BCUT2D eigenvalue weighted by Gasteiger charge is -2.26. The minimum Gasteiger partial charge on any atom is -0.370 e. The summed E-state index contributed by atoms with van der Waals surface area (Å²) in [6.07, 6.45) is 5.54. The van der Waals surface area contributed by atoms with E-state index >= 15 is 0 Å². The van der Waals surface area contributed by atoms with Crippen molar-refractivity contribution in [2.75, 3.05) is 26.3 Å². The quantitative estimate of drug-likeness (QED) is 0.678. The van der Waals surface area contributed by atoms with E-state index in [1.54, 1.807) is 6.21 Å². The van der Waals surface area contributed by atoms with Gasteiger partial charge in [0, 0.05) is 25.0 Å². The molecular formula is C14H22N2O2. The maximum atomic E-state index is 11.5. The predicted molar refractivity (Wildman–Crippen MR) is 73.7 cm³/mol. The zero-order valence-electron chi connectivity index (χ0n) is 11.3. The van der Waals surface area contributed by atoms with E-state index in [0.29, 0.717) is 13.2 Å². The van der Waals surface area contributed by atoms with Gasteiger partial charge in [0.25, 0.3) is 0 Å². The number of morpholine rings is 1. The summed E-state index contributed by atoms with van der Waals surface area (Å²) in [4.78, 5) is 17.6. The molecule has 0 spiro atoms. The van der Waals surface area contributed by atoms with E-state index in [1.165, 1.54) is 0 Å². The lowest BCUT2D eigenvalue weighted by atomic mass is 10.1. The van der Waals surface area contributed by atoms with Crippen LogP contribution in [-0.2, 0) is 9.53 Å². The van der Waals surface area contributed by atoms with E-state index in [9.17, 15) is 4.79 Å². The summed E-state index contributed by atoms with van der Waals surface area (Å²) in [7, 11) is 0. The van der Waals surface area contributed by atoms with Crippen molar-refractivity contribution >= 4 is 12.1 Å². The van der Waals surface area contributed by atoms with E-state index in [1.807, 2.05) is 24.8 Å². The fraction of sp³-hybridized carbons (Fsp3) is 0.571. The number of hydrogen-bond donors (Lipinski definition) is 0. The number of nitrogens with zero attached hydrogens (tertiary/aromatic N) is 2. The van der Waals surface area contributed by atoms with Gasteiger partial charge in [0.1, 0.15) is 6.61 Å². The fourth-order valence-corrected chi connectivity index (χ4v) is 1.62. The zero-order chi connectivity index (χ0) is 13.4. The van der Waals surface area contributed by atoms with Crippen LogP contribution in [0.3, 0.4) is 0 Å². The average Bonchev–Trinajstić information content (AvgIpc) is 2.38. The second-order valence-electron chi connectivity index (χ2n) is 4.38. The molecule has 0 aliphatic carbocycles. The molecule has 1 amide bonds. The smallest absolute Gasteiger partial charge is 0.248 e. The van der Waals surface area contributed by atoms with Gasteiger partial charge in [-0.3, -0.25) is 9.79 Å². The first-order valence-corrected chi connectivity index (χ1v) is 6.33. The number of carbonyl (C=O) groups excluding carboxylic acids is 1. The summed E-state index contributed by atoms with van der Waals surface area (Å²) in [6, 6.07) is 0. The van der Waals surface area contributed by atoms with Gasteiger partial charge >= 0.3 is 0 Å². The maximum absolute atomic E-state index is 11.5. The van der Waals surface area contributed by atoms with Crippen LogP contribution < -0.4 is 0 Å². The van der Waals surface area contributed by atoms with E-state index < -0.39 is 0 Å². The van der Waals surface area contributed by atoms with E-state index in [0.717, 1.165) is 30.7 Å². The van der Waals surface area contributed by atoms with Gasteiger partial charge in [-0.1, -0.05) is 12.7 Å². The van der Waals surface area contributed by atoms with Crippen molar-refractivity contribution in [1.29, 1.82) is 0 Å². The molecule has 0 aromatic carbocycles. The van der Waals surface area contributed by atoms with Gasteiger partial charge in [0.2, 0.25) is 5.91 Å². The molecule has 0 atom stereocenters. The van der Waals surface area contributed by atoms with Crippen LogP contribution >= 0.6 is 0 Å². The van der Waals surface area contributed by atoms with E-state index in [4.69, 9.17) is 4.74 Å². The monoisotopic (exact) mass is 250 g/mol. The third-order valence-corrected chi connectivity index (χ3v) is 2.88.